The molecule has 158 valence electrons. The largest absolute Gasteiger partial charge is 0.340 e. The van der Waals surface area contributed by atoms with Gasteiger partial charge in [0.25, 0.3) is 0 Å². The first-order valence-electron chi connectivity index (χ1n) is 10.6. The van der Waals surface area contributed by atoms with Gasteiger partial charge in [0.2, 0.25) is 11.8 Å². The van der Waals surface area contributed by atoms with E-state index in [-0.39, 0.29) is 17.7 Å². The minimum absolute atomic E-state index is 0.103. The van der Waals surface area contributed by atoms with Gasteiger partial charge in [0, 0.05) is 45.0 Å². The maximum atomic E-state index is 13.2. The Morgan fingerprint density at radius 1 is 1.20 bits per heavy atom. The van der Waals surface area contributed by atoms with Crippen LogP contribution in [0.5, 0.6) is 0 Å². The van der Waals surface area contributed by atoms with Crippen molar-refractivity contribution in [1.82, 2.24) is 14.8 Å². The number of pyridine rings is 1. The number of aromatic nitrogens is 1. The van der Waals surface area contributed by atoms with Gasteiger partial charge >= 0.3 is 0 Å². The molecule has 0 saturated carbocycles. The Labute approximate surface area is 179 Å². The molecule has 3 rings (SSSR count). The van der Waals surface area contributed by atoms with Crippen molar-refractivity contribution in [3.8, 4) is 11.1 Å². The van der Waals surface area contributed by atoms with Crippen LogP contribution < -0.4 is 0 Å². The summed E-state index contributed by atoms with van der Waals surface area (Å²) in [5.74, 6) is 0.299. The van der Waals surface area contributed by atoms with Crippen molar-refractivity contribution in [1.29, 1.82) is 0 Å². The summed E-state index contributed by atoms with van der Waals surface area (Å²) in [6.07, 6.45) is 6.49. The molecule has 0 bridgehead atoms. The molecule has 1 aromatic heterocycles. The third kappa shape index (κ3) is 5.56. The summed E-state index contributed by atoms with van der Waals surface area (Å²) in [6.45, 7) is 10.0. The summed E-state index contributed by atoms with van der Waals surface area (Å²) < 4.78 is 0. The molecule has 1 aromatic carbocycles. The molecule has 0 N–H and O–H groups in total. The average Bonchev–Trinajstić information content (AvgIpc) is 2.89. The molecule has 5 nitrogen and oxygen atoms in total. The molecule has 2 heterocycles. The van der Waals surface area contributed by atoms with Crippen molar-refractivity contribution in [3.63, 3.8) is 0 Å². The molecule has 1 saturated heterocycles. The predicted octanol–water partition coefficient (Wildman–Crippen LogP) is 3.81. The van der Waals surface area contributed by atoms with Gasteiger partial charge in [-0.3, -0.25) is 14.6 Å². The van der Waals surface area contributed by atoms with Gasteiger partial charge in [0.05, 0.1) is 5.92 Å². The number of carbonyl (C=O) groups excluding carboxylic acids is 2. The van der Waals surface area contributed by atoms with Crippen LogP contribution in [0.1, 0.15) is 25.8 Å². The van der Waals surface area contributed by atoms with Crippen LogP contribution in [-0.4, -0.2) is 52.8 Å². The normalized spacial score (nSPS) is 17.2. The summed E-state index contributed by atoms with van der Waals surface area (Å²) in [6, 6.07) is 12.2. The fourth-order valence-corrected chi connectivity index (χ4v) is 3.89. The van der Waals surface area contributed by atoms with Crippen molar-refractivity contribution >= 4 is 11.8 Å². The Kier molecular flexibility index (Phi) is 7.39. The Balaban J connectivity index is 1.77. The number of rotatable bonds is 7. The van der Waals surface area contributed by atoms with Crippen molar-refractivity contribution in [2.45, 2.75) is 26.7 Å². The quantitative estimate of drug-likeness (QED) is 0.658. The highest BCUT2D eigenvalue weighted by molar-refractivity contribution is 5.82. The van der Waals surface area contributed by atoms with Crippen molar-refractivity contribution in [3.05, 3.63) is 67.0 Å². The molecular formula is C25H31N3O2. The van der Waals surface area contributed by atoms with Crippen LogP contribution in [-0.2, 0) is 16.0 Å². The molecule has 0 radical (unpaired) electrons. The monoisotopic (exact) mass is 405 g/mol. The lowest BCUT2D eigenvalue weighted by atomic mass is 9.95. The van der Waals surface area contributed by atoms with E-state index < -0.39 is 0 Å². The smallest absolute Gasteiger partial charge is 0.228 e. The van der Waals surface area contributed by atoms with E-state index in [0.717, 1.165) is 16.7 Å². The second kappa shape index (κ2) is 10.2. The van der Waals surface area contributed by atoms with Crippen LogP contribution in [0.2, 0.25) is 0 Å². The molecule has 1 unspecified atom stereocenters. The molecule has 1 atom stereocenters. The highest BCUT2D eigenvalue weighted by atomic mass is 16.2. The number of hydrogen-bond donors (Lipinski definition) is 0. The van der Waals surface area contributed by atoms with Crippen LogP contribution in [0.25, 0.3) is 11.1 Å². The summed E-state index contributed by atoms with van der Waals surface area (Å²) in [5, 5.41) is 0. The van der Waals surface area contributed by atoms with Crippen LogP contribution in [0.3, 0.4) is 0 Å². The summed E-state index contributed by atoms with van der Waals surface area (Å²) >= 11 is 0. The van der Waals surface area contributed by atoms with Gasteiger partial charge < -0.3 is 9.80 Å². The second-order valence-corrected chi connectivity index (χ2v) is 8.35. The molecule has 0 spiro atoms. The van der Waals surface area contributed by atoms with Crippen LogP contribution in [0.4, 0.5) is 0 Å². The van der Waals surface area contributed by atoms with Gasteiger partial charge in [0.15, 0.2) is 0 Å². The van der Waals surface area contributed by atoms with Gasteiger partial charge in [-0.1, -0.05) is 50.3 Å². The number of benzene rings is 1. The lowest BCUT2D eigenvalue weighted by molar-refractivity contribution is -0.134. The molecule has 2 amide bonds. The number of hydrogen-bond acceptors (Lipinski definition) is 3. The van der Waals surface area contributed by atoms with Crippen molar-refractivity contribution in [2.75, 3.05) is 26.2 Å². The molecule has 5 heteroatoms. The van der Waals surface area contributed by atoms with E-state index in [1.165, 1.54) is 0 Å². The van der Waals surface area contributed by atoms with Crippen LogP contribution in [0, 0.1) is 11.8 Å². The van der Waals surface area contributed by atoms with Gasteiger partial charge in [0.1, 0.15) is 0 Å². The highest BCUT2D eigenvalue weighted by Gasteiger charge is 2.31. The lowest BCUT2D eigenvalue weighted by Crippen LogP contribution is -2.38. The second-order valence-electron chi connectivity index (χ2n) is 8.35. The summed E-state index contributed by atoms with van der Waals surface area (Å²) in [5.41, 5.74) is 3.26. The van der Waals surface area contributed by atoms with Gasteiger partial charge in [-0.15, -0.1) is 6.58 Å². The minimum Gasteiger partial charge on any atom is -0.340 e. The van der Waals surface area contributed by atoms with E-state index in [9.17, 15) is 9.59 Å². The van der Waals surface area contributed by atoms with E-state index in [1.807, 2.05) is 42.0 Å². The third-order valence-corrected chi connectivity index (χ3v) is 5.46. The zero-order valence-corrected chi connectivity index (χ0v) is 18.0. The topological polar surface area (TPSA) is 53.5 Å². The molecule has 2 aromatic rings. The van der Waals surface area contributed by atoms with Gasteiger partial charge in [-0.25, -0.2) is 0 Å². The SMILES string of the molecule is C=CCN1CCN(C(=O)CC(C)C)CC(Cc2ccc(-c3cccnc3)cc2)C1=O. The number of nitrogens with zero attached hydrogens (tertiary/aromatic N) is 3. The maximum Gasteiger partial charge on any atom is 0.228 e. The number of carbonyl (C=O) groups is 2. The average molecular weight is 406 g/mol. The Morgan fingerprint density at radius 3 is 2.60 bits per heavy atom. The first-order valence-corrected chi connectivity index (χ1v) is 10.6. The van der Waals surface area contributed by atoms with Crippen molar-refractivity contribution < 1.29 is 9.59 Å². The fraction of sp³-hybridized carbons (Fsp3) is 0.400. The summed E-state index contributed by atoms with van der Waals surface area (Å²) in [4.78, 5) is 33.7. The maximum absolute atomic E-state index is 13.2. The van der Waals surface area contributed by atoms with E-state index in [4.69, 9.17) is 0 Å². The molecule has 0 aliphatic carbocycles. The summed E-state index contributed by atoms with van der Waals surface area (Å²) in [7, 11) is 0. The molecule has 1 fully saturated rings. The predicted molar refractivity (Wildman–Crippen MR) is 120 cm³/mol. The standard InChI is InChI=1S/C25H31N3O2/c1-4-12-27-13-14-28(24(29)15-19(2)3)18-23(25(27)30)16-20-7-9-21(10-8-20)22-6-5-11-26-17-22/h4-11,17,19,23H,1,12-16,18H2,2-3H3. The Bertz CT molecular complexity index is 862. The number of amides is 2. The van der Waals surface area contributed by atoms with Crippen LogP contribution >= 0.6 is 0 Å². The minimum atomic E-state index is -0.243. The van der Waals surface area contributed by atoms with E-state index in [0.29, 0.717) is 44.9 Å². The Morgan fingerprint density at radius 2 is 1.97 bits per heavy atom. The van der Waals surface area contributed by atoms with E-state index in [2.05, 4.69) is 35.8 Å². The lowest BCUT2D eigenvalue weighted by Gasteiger charge is -2.24. The first-order chi connectivity index (χ1) is 14.5. The zero-order valence-electron chi connectivity index (χ0n) is 18.0. The van der Waals surface area contributed by atoms with Crippen molar-refractivity contribution in [2.24, 2.45) is 11.8 Å². The van der Waals surface area contributed by atoms with Crippen LogP contribution in [0.15, 0.2) is 61.4 Å². The Hall–Kier alpha value is -2.95. The van der Waals surface area contributed by atoms with Gasteiger partial charge in [-0.05, 0) is 35.1 Å². The zero-order chi connectivity index (χ0) is 21.5. The van der Waals surface area contributed by atoms with E-state index >= 15 is 0 Å². The van der Waals surface area contributed by atoms with E-state index in [1.54, 1.807) is 12.3 Å². The molecule has 1 aliphatic heterocycles. The third-order valence-electron chi connectivity index (χ3n) is 5.46. The van der Waals surface area contributed by atoms with Gasteiger partial charge in [-0.2, -0.15) is 0 Å². The first kappa shape index (κ1) is 21.8. The molecule has 1 aliphatic rings. The molecule has 30 heavy (non-hydrogen) atoms. The highest BCUT2D eigenvalue weighted by Crippen LogP contribution is 2.22. The molecular weight excluding hydrogens is 374 g/mol. The fourth-order valence-electron chi connectivity index (χ4n) is 3.89.